The van der Waals surface area contributed by atoms with Gasteiger partial charge in [-0.15, -0.1) is 0 Å². The first-order valence-corrected chi connectivity index (χ1v) is 7.42. The zero-order valence-corrected chi connectivity index (χ0v) is 13.5. The molecular formula is C19H18N4. The second-order valence-corrected chi connectivity index (χ2v) is 5.70. The highest BCUT2D eigenvalue weighted by Crippen LogP contribution is 2.35. The molecule has 0 spiro atoms. The van der Waals surface area contributed by atoms with Crippen molar-refractivity contribution in [3.05, 3.63) is 59.3 Å². The van der Waals surface area contributed by atoms with Crippen molar-refractivity contribution in [2.45, 2.75) is 13.8 Å². The van der Waals surface area contributed by atoms with Crippen LogP contribution in [0.25, 0.3) is 22.5 Å². The van der Waals surface area contributed by atoms with Gasteiger partial charge in [-0.3, -0.25) is 0 Å². The normalized spacial score (nSPS) is 10.5. The van der Waals surface area contributed by atoms with Crippen molar-refractivity contribution in [2.24, 2.45) is 7.05 Å². The van der Waals surface area contributed by atoms with Crippen LogP contribution in [-0.4, -0.2) is 9.55 Å². The topological polar surface area (TPSA) is 67.6 Å². The number of rotatable bonds is 2. The van der Waals surface area contributed by atoms with E-state index in [1.807, 2.05) is 68.1 Å². The standard InChI is InChI=1S/C19H18N4/c1-12-6-8-14(9-7-12)18-13(2)17(15(11-20)19(21)22-18)16-5-4-10-23(16)3/h4-10H,1-3H3,(H2,21,22). The Hall–Kier alpha value is -3.06. The maximum Gasteiger partial charge on any atom is 0.142 e. The molecule has 0 atom stereocenters. The molecule has 1 aromatic carbocycles. The predicted octanol–water partition coefficient (Wildman–Crippen LogP) is 3.82. The summed E-state index contributed by atoms with van der Waals surface area (Å²) in [6, 6.07) is 14.3. The van der Waals surface area contributed by atoms with Crippen LogP contribution in [-0.2, 0) is 7.05 Å². The Labute approximate surface area is 135 Å². The molecule has 3 rings (SSSR count). The first-order valence-electron chi connectivity index (χ1n) is 7.42. The molecule has 0 aliphatic heterocycles. The highest BCUT2D eigenvalue weighted by Gasteiger charge is 2.19. The summed E-state index contributed by atoms with van der Waals surface area (Å²) >= 11 is 0. The fraction of sp³-hybridized carbons (Fsp3) is 0.158. The minimum atomic E-state index is 0.268. The van der Waals surface area contributed by atoms with Crippen LogP contribution in [0.1, 0.15) is 16.7 Å². The molecule has 2 N–H and O–H groups in total. The number of aryl methyl sites for hydroxylation is 2. The number of anilines is 1. The number of benzene rings is 1. The van der Waals surface area contributed by atoms with Crippen molar-refractivity contribution < 1.29 is 0 Å². The fourth-order valence-electron chi connectivity index (χ4n) is 2.84. The highest BCUT2D eigenvalue weighted by atomic mass is 14.9. The molecule has 0 unspecified atom stereocenters. The third kappa shape index (κ3) is 2.47. The summed E-state index contributed by atoms with van der Waals surface area (Å²) in [5.41, 5.74) is 12.3. The SMILES string of the molecule is Cc1ccc(-c2nc(N)c(C#N)c(-c3cccn3C)c2C)cc1. The number of nitrogen functional groups attached to an aromatic ring is 1. The summed E-state index contributed by atoms with van der Waals surface area (Å²) in [6.45, 7) is 4.04. The van der Waals surface area contributed by atoms with Crippen LogP contribution in [0.4, 0.5) is 5.82 Å². The molecule has 114 valence electrons. The lowest BCUT2D eigenvalue weighted by Gasteiger charge is -2.15. The van der Waals surface area contributed by atoms with Gasteiger partial charge in [0.2, 0.25) is 0 Å². The van der Waals surface area contributed by atoms with Crippen molar-refractivity contribution in [2.75, 3.05) is 5.73 Å². The van der Waals surface area contributed by atoms with Gasteiger partial charge >= 0.3 is 0 Å². The number of hydrogen-bond acceptors (Lipinski definition) is 3. The Morgan fingerprint density at radius 1 is 1.13 bits per heavy atom. The molecule has 2 heterocycles. The molecule has 0 saturated carbocycles. The summed E-state index contributed by atoms with van der Waals surface area (Å²) in [5.74, 6) is 0.268. The lowest BCUT2D eigenvalue weighted by Crippen LogP contribution is -2.05. The predicted molar refractivity (Wildman–Crippen MR) is 92.7 cm³/mol. The third-order valence-electron chi connectivity index (χ3n) is 4.11. The van der Waals surface area contributed by atoms with Crippen LogP contribution in [0.2, 0.25) is 0 Å². The van der Waals surface area contributed by atoms with E-state index in [-0.39, 0.29) is 5.82 Å². The summed E-state index contributed by atoms with van der Waals surface area (Å²) in [5, 5.41) is 9.53. The van der Waals surface area contributed by atoms with Gasteiger partial charge in [-0.05, 0) is 31.5 Å². The lowest BCUT2D eigenvalue weighted by molar-refractivity contribution is 0.934. The molecule has 4 heteroatoms. The van der Waals surface area contributed by atoms with E-state index < -0.39 is 0 Å². The van der Waals surface area contributed by atoms with E-state index >= 15 is 0 Å². The number of hydrogen-bond donors (Lipinski definition) is 1. The van der Waals surface area contributed by atoms with Crippen molar-refractivity contribution in [3.63, 3.8) is 0 Å². The van der Waals surface area contributed by atoms with E-state index in [4.69, 9.17) is 5.73 Å². The molecule has 3 aromatic rings. The second kappa shape index (κ2) is 5.62. The van der Waals surface area contributed by atoms with Crippen LogP contribution in [0.3, 0.4) is 0 Å². The monoisotopic (exact) mass is 302 g/mol. The molecule has 0 aliphatic rings. The van der Waals surface area contributed by atoms with E-state index in [2.05, 4.69) is 11.1 Å². The molecule has 0 fully saturated rings. The summed E-state index contributed by atoms with van der Waals surface area (Å²) < 4.78 is 1.99. The maximum atomic E-state index is 9.53. The Kier molecular flexibility index (Phi) is 3.63. The van der Waals surface area contributed by atoms with Gasteiger partial charge in [-0.1, -0.05) is 29.8 Å². The van der Waals surface area contributed by atoms with Gasteiger partial charge in [0.15, 0.2) is 0 Å². The van der Waals surface area contributed by atoms with E-state index in [1.165, 1.54) is 5.56 Å². The van der Waals surface area contributed by atoms with Crippen molar-refractivity contribution in [3.8, 4) is 28.6 Å². The first kappa shape index (κ1) is 14.9. The molecule has 0 bridgehead atoms. The van der Waals surface area contributed by atoms with Gasteiger partial charge in [-0.2, -0.15) is 5.26 Å². The maximum absolute atomic E-state index is 9.53. The van der Waals surface area contributed by atoms with Gasteiger partial charge < -0.3 is 10.3 Å². The molecular weight excluding hydrogens is 284 g/mol. The Balaban J connectivity index is 2.33. The number of nitrogens with two attached hydrogens (primary N) is 1. The van der Waals surface area contributed by atoms with Crippen LogP contribution in [0.5, 0.6) is 0 Å². The molecule has 0 aliphatic carbocycles. The second-order valence-electron chi connectivity index (χ2n) is 5.70. The van der Waals surface area contributed by atoms with Gasteiger partial charge in [0.1, 0.15) is 17.5 Å². The van der Waals surface area contributed by atoms with Gasteiger partial charge in [0, 0.05) is 30.1 Å². The van der Waals surface area contributed by atoms with E-state index in [0.29, 0.717) is 5.56 Å². The number of aromatic nitrogens is 2. The molecule has 4 nitrogen and oxygen atoms in total. The third-order valence-corrected chi connectivity index (χ3v) is 4.11. The Bertz CT molecular complexity index is 912. The molecule has 0 saturated heterocycles. The Morgan fingerprint density at radius 2 is 1.83 bits per heavy atom. The minimum absolute atomic E-state index is 0.268. The Morgan fingerprint density at radius 3 is 2.39 bits per heavy atom. The molecule has 0 amide bonds. The van der Waals surface area contributed by atoms with Crippen LogP contribution in [0.15, 0.2) is 42.6 Å². The number of nitriles is 1. The van der Waals surface area contributed by atoms with Gasteiger partial charge in [0.05, 0.1) is 5.69 Å². The van der Waals surface area contributed by atoms with Crippen molar-refractivity contribution >= 4 is 5.82 Å². The van der Waals surface area contributed by atoms with Gasteiger partial charge in [-0.25, -0.2) is 4.98 Å². The van der Waals surface area contributed by atoms with E-state index in [9.17, 15) is 5.26 Å². The average Bonchev–Trinajstić information content (AvgIpc) is 2.95. The average molecular weight is 302 g/mol. The van der Waals surface area contributed by atoms with Crippen LogP contribution < -0.4 is 5.73 Å². The number of nitrogens with zero attached hydrogens (tertiary/aromatic N) is 3. The minimum Gasteiger partial charge on any atom is -0.383 e. The van der Waals surface area contributed by atoms with Crippen LogP contribution in [0, 0.1) is 25.2 Å². The summed E-state index contributed by atoms with van der Waals surface area (Å²) in [7, 11) is 1.96. The summed E-state index contributed by atoms with van der Waals surface area (Å²) in [4.78, 5) is 4.49. The first-order chi connectivity index (χ1) is 11.0. The number of pyridine rings is 1. The molecule has 23 heavy (non-hydrogen) atoms. The quantitative estimate of drug-likeness (QED) is 0.782. The van der Waals surface area contributed by atoms with E-state index in [1.54, 1.807) is 0 Å². The zero-order chi connectivity index (χ0) is 16.6. The van der Waals surface area contributed by atoms with Gasteiger partial charge in [0.25, 0.3) is 0 Å². The zero-order valence-electron chi connectivity index (χ0n) is 13.5. The highest BCUT2D eigenvalue weighted by molar-refractivity contribution is 5.83. The largest absolute Gasteiger partial charge is 0.383 e. The van der Waals surface area contributed by atoms with E-state index in [0.717, 1.165) is 28.1 Å². The summed E-state index contributed by atoms with van der Waals surface area (Å²) in [6.07, 6.45) is 1.96. The smallest absolute Gasteiger partial charge is 0.142 e. The molecule has 0 radical (unpaired) electrons. The lowest BCUT2D eigenvalue weighted by atomic mass is 9.95. The van der Waals surface area contributed by atoms with Crippen LogP contribution >= 0.6 is 0 Å². The van der Waals surface area contributed by atoms with Crippen molar-refractivity contribution in [1.29, 1.82) is 5.26 Å². The van der Waals surface area contributed by atoms with Crippen molar-refractivity contribution in [1.82, 2.24) is 9.55 Å². The molecule has 2 aromatic heterocycles. The fourth-order valence-corrected chi connectivity index (χ4v) is 2.84.